The van der Waals surface area contributed by atoms with E-state index in [1.165, 1.54) is 86.7 Å². The topological polar surface area (TPSA) is 58.8 Å². The van der Waals surface area contributed by atoms with E-state index in [1.54, 1.807) is 0 Å². The van der Waals surface area contributed by atoms with Crippen LogP contribution in [0.4, 0.5) is 4.79 Å². The summed E-state index contributed by atoms with van der Waals surface area (Å²) < 4.78 is 5.47. The SMILES string of the molecule is CC(C)C1CCC(N2CCC(C3C(COC(N)=O)=C(CN4CCCC4)c4ccccc43)CC2)CC1. The van der Waals surface area contributed by atoms with Crippen molar-refractivity contribution in [1.82, 2.24) is 9.80 Å². The van der Waals surface area contributed by atoms with Crippen LogP contribution in [0, 0.1) is 17.8 Å². The average Bonchev–Trinajstić information content (AvgIpc) is 3.49. The quantitative estimate of drug-likeness (QED) is 0.549. The molecule has 1 saturated carbocycles. The number of primary amides is 1. The Bertz CT molecular complexity index is 904. The molecule has 1 aromatic rings. The molecule has 35 heavy (non-hydrogen) atoms. The minimum absolute atomic E-state index is 0.331. The maximum absolute atomic E-state index is 11.6. The first-order chi connectivity index (χ1) is 17.0. The third kappa shape index (κ3) is 5.46. The molecule has 5 rings (SSSR count). The van der Waals surface area contributed by atoms with Crippen molar-refractivity contribution in [1.29, 1.82) is 0 Å². The highest BCUT2D eigenvalue weighted by molar-refractivity contribution is 5.80. The van der Waals surface area contributed by atoms with Crippen LogP contribution in [0.5, 0.6) is 0 Å². The average molecular weight is 480 g/mol. The van der Waals surface area contributed by atoms with Crippen molar-refractivity contribution in [3.8, 4) is 0 Å². The number of carbonyl (C=O) groups is 1. The van der Waals surface area contributed by atoms with E-state index >= 15 is 0 Å². The van der Waals surface area contributed by atoms with Crippen LogP contribution in [-0.2, 0) is 4.74 Å². The third-order valence-electron chi connectivity index (χ3n) is 9.58. The fourth-order valence-electron chi connectivity index (χ4n) is 7.56. The lowest BCUT2D eigenvalue weighted by molar-refractivity contribution is 0.0823. The first-order valence-corrected chi connectivity index (χ1v) is 14.2. The Morgan fingerprint density at radius 2 is 1.69 bits per heavy atom. The Kier molecular flexibility index (Phi) is 7.83. The molecule has 192 valence electrons. The van der Waals surface area contributed by atoms with Crippen LogP contribution in [0.1, 0.15) is 82.3 Å². The van der Waals surface area contributed by atoms with Crippen molar-refractivity contribution in [2.75, 3.05) is 39.3 Å². The predicted molar refractivity (Wildman–Crippen MR) is 142 cm³/mol. The number of hydrogen-bond acceptors (Lipinski definition) is 4. The van der Waals surface area contributed by atoms with E-state index in [0.717, 1.165) is 37.5 Å². The zero-order chi connectivity index (χ0) is 24.4. The molecule has 4 aliphatic rings. The second kappa shape index (κ2) is 11.0. The number of fused-ring (bicyclic) bond motifs is 1. The van der Waals surface area contributed by atoms with Gasteiger partial charge >= 0.3 is 6.09 Å². The molecule has 0 radical (unpaired) electrons. The summed E-state index contributed by atoms with van der Waals surface area (Å²) in [5.74, 6) is 2.70. The molecule has 2 saturated heterocycles. The van der Waals surface area contributed by atoms with Gasteiger partial charge in [0.25, 0.3) is 0 Å². The molecule has 0 aromatic heterocycles. The minimum atomic E-state index is -0.667. The van der Waals surface area contributed by atoms with Gasteiger partial charge in [-0.15, -0.1) is 0 Å². The van der Waals surface area contributed by atoms with E-state index in [2.05, 4.69) is 47.9 Å². The number of ether oxygens (including phenoxy) is 1. The van der Waals surface area contributed by atoms with Crippen molar-refractivity contribution in [3.05, 3.63) is 41.0 Å². The molecule has 5 heteroatoms. The second-order valence-corrected chi connectivity index (χ2v) is 11.8. The zero-order valence-corrected chi connectivity index (χ0v) is 21.9. The highest BCUT2D eigenvalue weighted by Gasteiger charge is 2.39. The van der Waals surface area contributed by atoms with Crippen molar-refractivity contribution in [2.24, 2.45) is 23.5 Å². The van der Waals surface area contributed by atoms with Crippen LogP contribution in [0.2, 0.25) is 0 Å². The smallest absolute Gasteiger partial charge is 0.404 e. The minimum Gasteiger partial charge on any atom is -0.445 e. The molecule has 1 unspecified atom stereocenters. The molecule has 3 fully saturated rings. The summed E-state index contributed by atoms with van der Waals surface area (Å²) in [4.78, 5) is 17.0. The number of likely N-dealkylation sites (tertiary alicyclic amines) is 2. The summed E-state index contributed by atoms with van der Waals surface area (Å²) in [5.41, 5.74) is 11.0. The highest BCUT2D eigenvalue weighted by Crippen LogP contribution is 2.49. The number of rotatable bonds is 7. The first-order valence-electron chi connectivity index (χ1n) is 14.2. The third-order valence-corrected chi connectivity index (χ3v) is 9.58. The Labute approximate surface area is 212 Å². The van der Waals surface area contributed by atoms with Crippen LogP contribution in [0.25, 0.3) is 5.57 Å². The molecule has 1 atom stereocenters. The molecule has 2 heterocycles. The van der Waals surface area contributed by atoms with Gasteiger partial charge < -0.3 is 15.4 Å². The van der Waals surface area contributed by atoms with Crippen molar-refractivity contribution < 1.29 is 9.53 Å². The van der Waals surface area contributed by atoms with E-state index in [1.807, 2.05) is 0 Å². The van der Waals surface area contributed by atoms with Crippen molar-refractivity contribution in [2.45, 2.75) is 77.2 Å². The van der Waals surface area contributed by atoms with E-state index < -0.39 is 6.09 Å². The molecule has 0 spiro atoms. The van der Waals surface area contributed by atoms with E-state index in [4.69, 9.17) is 10.5 Å². The number of benzene rings is 1. The van der Waals surface area contributed by atoms with Crippen LogP contribution in [0.15, 0.2) is 29.8 Å². The lowest BCUT2D eigenvalue weighted by Crippen LogP contribution is -2.44. The molecule has 5 nitrogen and oxygen atoms in total. The van der Waals surface area contributed by atoms with Crippen LogP contribution in [-0.4, -0.2) is 61.3 Å². The van der Waals surface area contributed by atoms with Crippen molar-refractivity contribution >= 4 is 11.7 Å². The van der Waals surface area contributed by atoms with Gasteiger partial charge in [-0.3, -0.25) is 4.90 Å². The van der Waals surface area contributed by atoms with E-state index in [0.29, 0.717) is 18.4 Å². The number of carbonyl (C=O) groups excluding carboxylic acids is 1. The number of nitrogens with zero attached hydrogens (tertiary/aromatic N) is 2. The summed E-state index contributed by atoms with van der Waals surface area (Å²) in [5, 5.41) is 0. The van der Waals surface area contributed by atoms with Gasteiger partial charge in [0, 0.05) is 18.5 Å². The summed E-state index contributed by atoms with van der Waals surface area (Å²) >= 11 is 0. The number of piperidine rings is 1. The maximum Gasteiger partial charge on any atom is 0.404 e. The highest BCUT2D eigenvalue weighted by atomic mass is 16.5. The number of amides is 1. The molecule has 0 bridgehead atoms. The van der Waals surface area contributed by atoms with Gasteiger partial charge in [-0.2, -0.15) is 0 Å². The predicted octanol–water partition coefficient (Wildman–Crippen LogP) is 5.66. The molecule has 1 aromatic carbocycles. The molecule has 2 N–H and O–H groups in total. The van der Waals surface area contributed by atoms with Crippen LogP contribution >= 0.6 is 0 Å². The molecule has 1 amide bonds. The Balaban J connectivity index is 1.32. The largest absolute Gasteiger partial charge is 0.445 e. The van der Waals surface area contributed by atoms with Gasteiger partial charge in [0.15, 0.2) is 0 Å². The summed E-state index contributed by atoms with van der Waals surface area (Å²) in [6, 6.07) is 9.72. The molecular weight excluding hydrogens is 434 g/mol. The Morgan fingerprint density at radius 3 is 2.34 bits per heavy atom. The fourth-order valence-corrected chi connectivity index (χ4v) is 7.56. The fraction of sp³-hybridized carbons (Fsp3) is 0.700. The number of hydrogen-bond donors (Lipinski definition) is 1. The first kappa shape index (κ1) is 24.8. The molecule has 2 aliphatic heterocycles. The lowest BCUT2D eigenvalue weighted by atomic mass is 9.76. The van der Waals surface area contributed by atoms with Gasteiger partial charge in [-0.25, -0.2) is 4.79 Å². The van der Waals surface area contributed by atoms with E-state index in [9.17, 15) is 4.79 Å². The zero-order valence-electron chi connectivity index (χ0n) is 21.9. The monoisotopic (exact) mass is 479 g/mol. The standard InChI is InChI=1S/C30H45N3O2/c1-21(2)22-9-11-24(12-10-22)33-17-13-23(14-18-33)29-26-8-4-3-7-25(26)27(19-32-15-5-6-16-32)28(29)20-35-30(31)34/h3-4,7-8,21-24,29H,5-6,9-20H2,1-2H3,(H2,31,34). The van der Waals surface area contributed by atoms with Gasteiger partial charge in [0.2, 0.25) is 0 Å². The molecule has 2 aliphatic carbocycles. The Morgan fingerprint density at radius 1 is 1.00 bits per heavy atom. The lowest BCUT2D eigenvalue weighted by Gasteiger charge is -2.43. The van der Waals surface area contributed by atoms with Gasteiger partial charge in [0.05, 0.1) is 0 Å². The normalized spacial score (nSPS) is 28.6. The maximum atomic E-state index is 11.6. The summed E-state index contributed by atoms with van der Waals surface area (Å²) in [6.07, 6.45) is 9.88. The summed E-state index contributed by atoms with van der Waals surface area (Å²) in [6.45, 7) is 10.8. The second-order valence-electron chi connectivity index (χ2n) is 11.8. The van der Waals surface area contributed by atoms with Crippen LogP contribution < -0.4 is 5.73 Å². The van der Waals surface area contributed by atoms with Gasteiger partial charge in [0.1, 0.15) is 6.61 Å². The van der Waals surface area contributed by atoms with Gasteiger partial charge in [-0.1, -0.05) is 38.1 Å². The van der Waals surface area contributed by atoms with Gasteiger partial charge in [-0.05, 0) is 118 Å². The van der Waals surface area contributed by atoms with Crippen LogP contribution in [0.3, 0.4) is 0 Å². The van der Waals surface area contributed by atoms with Crippen molar-refractivity contribution in [3.63, 3.8) is 0 Å². The van der Waals surface area contributed by atoms with E-state index in [-0.39, 0.29) is 0 Å². The summed E-state index contributed by atoms with van der Waals surface area (Å²) in [7, 11) is 0. The molecular formula is C30H45N3O2. The Hall–Kier alpha value is -1.85. The number of nitrogens with two attached hydrogens (primary N) is 1.